The highest BCUT2D eigenvalue weighted by Gasteiger charge is 2.33. The number of piperidine rings is 1. The zero-order valence-electron chi connectivity index (χ0n) is 17.9. The predicted molar refractivity (Wildman–Crippen MR) is 124 cm³/mol. The number of sulfonamides is 1. The molecule has 5 rings (SSSR count). The van der Waals surface area contributed by atoms with Crippen molar-refractivity contribution < 1.29 is 12.8 Å². The number of halogens is 2. The Morgan fingerprint density at radius 2 is 1.91 bits per heavy atom. The van der Waals surface area contributed by atoms with Crippen LogP contribution in [0.2, 0.25) is 5.02 Å². The van der Waals surface area contributed by atoms with E-state index in [1.807, 2.05) is 18.2 Å². The number of nitrogens with zero attached hydrogens (tertiary/aromatic N) is 5. The molecule has 1 unspecified atom stereocenters. The molecule has 4 aromatic rings. The standard InChI is InChI=1S/C22H20ClFN6O3S/c23-16-8-2-1-6-14(16)13-30-21-19(27-28-30)22(31)26-20(25-21)15-7-5-11-29(12-15)34(32,33)18-10-4-3-9-17(18)24/h1-4,6,8-10,15H,5,7,11-13H2,(H,25,26,31). The Bertz CT molecular complexity index is 1540. The molecule has 0 aliphatic carbocycles. The number of rotatable bonds is 5. The number of hydrogen-bond acceptors (Lipinski definition) is 6. The van der Waals surface area contributed by atoms with Gasteiger partial charge in [-0.05, 0) is 36.6 Å². The number of benzene rings is 2. The van der Waals surface area contributed by atoms with Crippen molar-refractivity contribution in [3.63, 3.8) is 0 Å². The Kier molecular flexibility index (Phi) is 5.92. The van der Waals surface area contributed by atoms with Gasteiger partial charge in [-0.3, -0.25) is 4.79 Å². The molecule has 1 aliphatic rings. The Hall–Kier alpha value is -3.15. The van der Waals surface area contributed by atoms with Gasteiger partial charge in [0.1, 0.15) is 16.5 Å². The smallest absolute Gasteiger partial charge is 0.281 e. The molecule has 9 nitrogen and oxygen atoms in total. The highest BCUT2D eigenvalue weighted by atomic mass is 35.5. The van der Waals surface area contributed by atoms with Crippen molar-refractivity contribution in [1.82, 2.24) is 29.3 Å². The van der Waals surface area contributed by atoms with Crippen molar-refractivity contribution in [3.05, 3.63) is 81.1 Å². The highest BCUT2D eigenvalue weighted by molar-refractivity contribution is 7.89. The van der Waals surface area contributed by atoms with Crippen molar-refractivity contribution in [2.24, 2.45) is 0 Å². The highest BCUT2D eigenvalue weighted by Crippen LogP contribution is 2.29. The monoisotopic (exact) mass is 502 g/mol. The molecule has 0 amide bonds. The van der Waals surface area contributed by atoms with Crippen molar-refractivity contribution in [1.29, 1.82) is 0 Å². The lowest BCUT2D eigenvalue weighted by molar-refractivity contribution is 0.308. The van der Waals surface area contributed by atoms with Gasteiger partial charge in [0.25, 0.3) is 5.56 Å². The van der Waals surface area contributed by atoms with Crippen LogP contribution < -0.4 is 5.56 Å². The second-order valence-corrected chi connectivity index (χ2v) is 10.4. The molecule has 0 radical (unpaired) electrons. The summed E-state index contributed by atoms with van der Waals surface area (Å²) in [4.78, 5) is 19.7. The molecule has 12 heteroatoms. The van der Waals surface area contributed by atoms with E-state index >= 15 is 0 Å². The first-order chi connectivity index (χ1) is 16.3. The van der Waals surface area contributed by atoms with Crippen LogP contribution in [0, 0.1) is 5.82 Å². The normalized spacial score (nSPS) is 17.3. The van der Waals surface area contributed by atoms with Crippen LogP contribution in [0.3, 0.4) is 0 Å². The molecule has 176 valence electrons. The van der Waals surface area contributed by atoms with Crippen molar-refractivity contribution in [2.45, 2.75) is 30.2 Å². The number of fused-ring (bicyclic) bond motifs is 1. The van der Waals surface area contributed by atoms with E-state index in [1.165, 1.54) is 27.2 Å². The summed E-state index contributed by atoms with van der Waals surface area (Å²) >= 11 is 6.26. The minimum Gasteiger partial charge on any atom is -0.308 e. The van der Waals surface area contributed by atoms with Crippen molar-refractivity contribution in [3.8, 4) is 0 Å². The van der Waals surface area contributed by atoms with Crippen LogP contribution in [0.5, 0.6) is 0 Å². The quantitative estimate of drug-likeness (QED) is 0.449. The second kappa shape index (κ2) is 8.90. The largest absolute Gasteiger partial charge is 0.308 e. The molecule has 2 aromatic heterocycles. The maximum Gasteiger partial charge on any atom is 0.281 e. The Balaban J connectivity index is 1.48. The average molecular weight is 503 g/mol. The van der Waals surface area contributed by atoms with Gasteiger partial charge in [-0.15, -0.1) is 5.10 Å². The summed E-state index contributed by atoms with van der Waals surface area (Å²) in [6.07, 6.45) is 1.15. The van der Waals surface area contributed by atoms with E-state index in [0.717, 1.165) is 11.6 Å². The van der Waals surface area contributed by atoms with Gasteiger partial charge in [0.05, 0.1) is 6.54 Å². The number of nitrogens with one attached hydrogen (secondary N) is 1. The fraction of sp³-hybridized carbons (Fsp3) is 0.273. The maximum absolute atomic E-state index is 14.2. The molecule has 0 bridgehead atoms. The molecule has 2 aromatic carbocycles. The summed E-state index contributed by atoms with van der Waals surface area (Å²) in [5.74, 6) is -0.836. The molecule has 1 aliphatic heterocycles. The third-order valence-electron chi connectivity index (χ3n) is 5.90. The van der Waals surface area contributed by atoms with E-state index in [9.17, 15) is 17.6 Å². The third kappa shape index (κ3) is 4.10. The van der Waals surface area contributed by atoms with E-state index in [1.54, 1.807) is 6.07 Å². The number of H-pyrrole nitrogens is 1. The summed E-state index contributed by atoms with van der Waals surface area (Å²) < 4.78 is 43.1. The van der Waals surface area contributed by atoms with Crippen LogP contribution in [-0.4, -0.2) is 50.8 Å². The minimum absolute atomic E-state index is 0.0667. The topological polar surface area (TPSA) is 114 Å². The number of aromatic nitrogens is 5. The van der Waals surface area contributed by atoms with Crippen LogP contribution in [0.25, 0.3) is 11.2 Å². The summed E-state index contributed by atoms with van der Waals surface area (Å²) in [5.41, 5.74) is 0.703. The summed E-state index contributed by atoms with van der Waals surface area (Å²) in [5, 5.41) is 8.56. The van der Waals surface area contributed by atoms with Crippen LogP contribution in [0.4, 0.5) is 4.39 Å². The zero-order valence-corrected chi connectivity index (χ0v) is 19.4. The predicted octanol–water partition coefficient (Wildman–Crippen LogP) is 2.92. The lowest BCUT2D eigenvalue weighted by atomic mass is 9.99. The van der Waals surface area contributed by atoms with Gasteiger partial charge in [-0.1, -0.05) is 47.1 Å². The molecule has 1 atom stereocenters. The molecular formula is C22H20ClFN6O3S. The Morgan fingerprint density at radius 1 is 1.15 bits per heavy atom. The van der Waals surface area contributed by atoms with Crippen LogP contribution >= 0.6 is 11.6 Å². The fourth-order valence-electron chi connectivity index (χ4n) is 4.15. The van der Waals surface area contributed by atoms with Gasteiger partial charge in [0, 0.05) is 24.0 Å². The zero-order chi connectivity index (χ0) is 23.9. The average Bonchev–Trinajstić information content (AvgIpc) is 3.24. The van der Waals surface area contributed by atoms with Crippen LogP contribution in [0.1, 0.15) is 30.1 Å². The van der Waals surface area contributed by atoms with E-state index in [0.29, 0.717) is 23.7 Å². The molecule has 1 fully saturated rings. The molecule has 34 heavy (non-hydrogen) atoms. The SMILES string of the molecule is O=c1[nH]c(C2CCCN(S(=O)(=O)c3ccccc3F)C2)nc2c1nnn2Cc1ccccc1Cl. The van der Waals surface area contributed by atoms with Crippen LogP contribution in [0.15, 0.2) is 58.2 Å². The lowest BCUT2D eigenvalue weighted by Gasteiger charge is -2.31. The summed E-state index contributed by atoms with van der Waals surface area (Å²) in [7, 11) is -4.04. The van der Waals surface area contributed by atoms with E-state index in [-0.39, 0.29) is 41.6 Å². The second-order valence-electron chi connectivity index (χ2n) is 8.09. The van der Waals surface area contributed by atoms with Crippen molar-refractivity contribution in [2.75, 3.05) is 13.1 Å². The molecule has 0 spiro atoms. The molecule has 0 saturated carbocycles. The Labute approximate surface area is 199 Å². The van der Waals surface area contributed by atoms with E-state index in [2.05, 4.69) is 20.3 Å². The first-order valence-corrected chi connectivity index (χ1v) is 12.5. The first kappa shape index (κ1) is 22.6. The molecule has 3 heterocycles. The fourth-order valence-corrected chi connectivity index (χ4v) is 5.93. The lowest BCUT2D eigenvalue weighted by Crippen LogP contribution is -2.40. The Morgan fingerprint density at radius 3 is 2.71 bits per heavy atom. The van der Waals surface area contributed by atoms with Gasteiger partial charge in [0.2, 0.25) is 10.0 Å². The summed E-state index contributed by atoms with van der Waals surface area (Å²) in [6, 6.07) is 12.6. The molecular weight excluding hydrogens is 483 g/mol. The third-order valence-corrected chi connectivity index (χ3v) is 8.16. The molecule has 1 saturated heterocycles. The van der Waals surface area contributed by atoms with Crippen LogP contribution in [-0.2, 0) is 16.6 Å². The van der Waals surface area contributed by atoms with Gasteiger partial charge in [-0.25, -0.2) is 22.5 Å². The summed E-state index contributed by atoms with van der Waals surface area (Å²) in [6.45, 7) is 0.591. The number of aromatic amines is 1. The minimum atomic E-state index is -4.04. The van der Waals surface area contributed by atoms with Gasteiger partial charge >= 0.3 is 0 Å². The van der Waals surface area contributed by atoms with Gasteiger partial charge < -0.3 is 4.98 Å². The first-order valence-electron chi connectivity index (χ1n) is 10.7. The van der Waals surface area contributed by atoms with E-state index in [4.69, 9.17) is 11.6 Å². The van der Waals surface area contributed by atoms with Gasteiger partial charge in [-0.2, -0.15) is 4.31 Å². The van der Waals surface area contributed by atoms with E-state index < -0.39 is 21.4 Å². The van der Waals surface area contributed by atoms with Gasteiger partial charge in [0.15, 0.2) is 11.2 Å². The number of hydrogen-bond donors (Lipinski definition) is 1. The molecule has 1 N–H and O–H groups in total. The maximum atomic E-state index is 14.2. The van der Waals surface area contributed by atoms with Crippen molar-refractivity contribution >= 4 is 32.8 Å².